The van der Waals surface area contributed by atoms with Crippen molar-refractivity contribution < 1.29 is 4.39 Å². The molecule has 3 heterocycles. The molecule has 0 N–H and O–H groups in total. The molecular weight excluding hydrogens is 367 g/mol. The topological polar surface area (TPSA) is 50.1 Å². The van der Waals surface area contributed by atoms with Crippen LogP contribution in [0.2, 0.25) is 5.02 Å². The van der Waals surface area contributed by atoms with Crippen LogP contribution in [-0.2, 0) is 13.6 Å². The van der Waals surface area contributed by atoms with Crippen molar-refractivity contribution in [2.24, 2.45) is 7.05 Å². The van der Waals surface area contributed by atoms with E-state index in [9.17, 15) is 4.39 Å². The van der Waals surface area contributed by atoms with E-state index in [1.165, 1.54) is 11.6 Å². The summed E-state index contributed by atoms with van der Waals surface area (Å²) in [6.45, 7) is 4.39. The number of hydrogen-bond donors (Lipinski definition) is 0. The standard InChI is InChI=1S/C19H20ClFN6/c1-25-12-14(11-24-25)13-26-6-8-27(9-7-26)19-18(22-4-5-23-19)15-2-3-16(20)17(21)10-15/h2-5,10-12H,6-9,13H2,1H3. The number of nitrogens with zero attached hydrogens (tertiary/aromatic N) is 6. The Hall–Kier alpha value is -2.51. The molecule has 27 heavy (non-hydrogen) atoms. The highest BCUT2D eigenvalue weighted by Crippen LogP contribution is 2.29. The van der Waals surface area contributed by atoms with Crippen LogP contribution in [0.25, 0.3) is 11.3 Å². The number of anilines is 1. The van der Waals surface area contributed by atoms with Crippen molar-refractivity contribution in [3.63, 3.8) is 0 Å². The van der Waals surface area contributed by atoms with Crippen LogP contribution in [0.5, 0.6) is 0 Å². The summed E-state index contributed by atoms with van der Waals surface area (Å²) < 4.78 is 15.7. The molecule has 3 aromatic rings. The molecule has 0 radical (unpaired) electrons. The number of rotatable bonds is 4. The van der Waals surface area contributed by atoms with Gasteiger partial charge in [-0.2, -0.15) is 5.10 Å². The van der Waals surface area contributed by atoms with Crippen molar-refractivity contribution in [2.75, 3.05) is 31.1 Å². The van der Waals surface area contributed by atoms with Gasteiger partial charge in [0.05, 0.1) is 11.2 Å². The van der Waals surface area contributed by atoms with E-state index in [1.54, 1.807) is 24.5 Å². The summed E-state index contributed by atoms with van der Waals surface area (Å²) in [5.41, 5.74) is 2.56. The van der Waals surface area contributed by atoms with Crippen molar-refractivity contribution in [3.05, 3.63) is 59.4 Å². The van der Waals surface area contributed by atoms with Gasteiger partial charge in [-0.05, 0) is 12.1 Å². The Morgan fingerprint density at radius 1 is 1.11 bits per heavy atom. The highest BCUT2D eigenvalue weighted by atomic mass is 35.5. The summed E-state index contributed by atoms with van der Waals surface area (Å²) in [4.78, 5) is 13.6. The molecule has 1 aromatic carbocycles. The average Bonchev–Trinajstić information content (AvgIpc) is 3.09. The predicted octanol–water partition coefficient (Wildman–Crippen LogP) is 2.99. The van der Waals surface area contributed by atoms with E-state index in [-0.39, 0.29) is 5.02 Å². The van der Waals surface area contributed by atoms with Crippen LogP contribution in [0, 0.1) is 5.82 Å². The summed E-state index contributed by atoms with van der Waals surface area (Å²) in [5, 5.41) is 4.33. The normalized spacial score (nSPS) is 15.3. The van der Waals surface area contributed by atoms with Crippen molar-refractivity contribution in [3.8, 4) is 11.3 Å². The lowest BCUT2D eigenvalue weighted by Crippen LogP contribution is -2.46. The Balaban J connectivity index is 1.49. The minimum atomic E-state index is -0.452. The maximum atomic E-state index is 13.9. The van der Waals surface area contributed by atoms with E-state index in [4.69, 9.17) is 11.6 Å². The molecule has 8 heteroatoms. The van der Waals surface area contributed by atoms with Crippen molar-refractivity contribution >= 4 is 17.4 Å². The van der Waals surface area contributed by atoms with Gasteiger partial charge in [0.1, 0.15) is 11.5 Å². The average molecular weight is 387 g/mol. The van der Waals surface area contributed by atoms with Crippen LogP contribution in [0.3, 0.4) is 0 Å². The largest absolute Gasteiger partial charge is 0.352 e. The lowest BCUT2D eigenvalue weighted by Gasteiger charge is -2.35. The van der Waals surface area contributed by atoms with Crippen LogP contribution in [0.4, 0.5) is 10.2 Å². The van der Waals surface area contributed by atoms with E-state index in [2.05, 4.69) is 24.9 Å². The highest BCUT2D eigenvalue weighted by Gasteiger charge is 2.22. The summed E-state index contributed by atoms with van der Waals surface area (Å²) >= 11 is 5.81. The minimum absolute atomic E-state index is 0.105. The molecule has 0 atom stereocenters. The van der Waals surface area contributed by atoms with Gasteiger partial charge < -0.3 is 4.90 Å². The molecule has 1 aliphatic rings. The van der Waals surface area contributed by atoms with Gasteiger partial charge in [0, 0.05) is 69.5 Å². The second kappa shape index (κ2) is 7.62. The molecule has 0 aliphatic carbocycles. The third-order valence-electron chi connectivity index (χ3n) is 4.71. The summed E-state index contributed by atoms with van der Waals surface area (Å²) in [6, 6.07) is 4.74. The Labute approximate surface area is 162 Å². The number of piperazine rings is 1. The zero-order valence-electron chi connectivity index (χ0n) is 15.0. The van der Waals surface area contributed by atoms with E-state index >= 15 is 0 Å². The number of hydrogen-bond acceptors (Lipinski definition) is 5. The number of benzene rings is 1. The lowest BCUT2D eigenvalue weighted by molar-refractivity contribution is 0.249. The number of aryl methyl sites for hydroxylation is 1. The summed E-state index contributed by atoms with van der Waals surface area (Å²) in [6.07, 6.45) is 7.25. The molecule has 0 saturated carbocycles. The molecule has 4 rings (SSSR count). The number of aromatic nitrogens is 4. The van der Waals surface area contributed by atoms with Gasteiger partial charge in [-0.3, -0.25) is 14.6 Å². The molecule has 140 valence electrons. The maximum Gasteiger partial charge on any atom is 0.155 e. The zero-order chi connectivity index (χ0) is 18.8. The first-order chi connectivity index (χ1) is 13.1. The van der Waals surface area contributed by atoms with Gasteiger partial charge in [0.25, 0.3) is 0 Å². The molecule has 6 nitrogen and oxygen atoms in total. The molecule has 0 spiro atoms. The molecule has 1 aliphatic heterocycles. The lowest BCUT2D eigenvalue weighted by atomic mass is 10.1. The van der Waals surface area contributed by atoms with Crippen molar-refractivity contribution in [2.45, 2.75) is 6.54 Å². The van der Waals surface area contributed by atoms with Crippen LogP contribution >= 0.6 is 11.6 Å². The van der Waals surface area contributed by atoms with Gasteiger partial charge in [0.15, 0.2) is 5.82 Å². The first-order valence-electron chi connectivity index (χ1n) is 8.81. The van der Waals surface area contributed by atoms with Crippen molar-refractivity contribution in [1.82, 2.24) is 24.6 Å². The van der Waals surface area contributed by atoms with Crippen LogP contribution in [0.1, 0.15) is 5.56 Å². The molecule has 2 aromatic heterocycles. The monoisotopic (exact) mass is 386 g/mol. The number of halogens is 2. The maximum absolute atomic E-state index is 13.9. The molecule has 0 unspecified atom stereocenters. The molecular formula is C19H20ClFN6. The first kappa shape index (κ1) is 17.9. The fourth-order valence-corrected chi connectivity index (χ4v) is 3.46. The zero-order valence-corrected chi connectivity index (χ0v) is 15.8. The molecule has 0 amide bonds. The van der Waals surface area contributed by atoms with Gasteiger partial charge >= 0.3 is 0 Å². The molecule has 1 fully saturated rings. The third-order valence-corrected chi connectivity index (χ3v) is 5.01. The van der Waals surface area contributed by atoms with E-state index in [0.717, 1.165) is 38.5 Å². The smallest absolute Gasteiger partial charge is 0.155 e. The molecule has 0 bridgehead atoms. The summed E-state index contributed by atoms with van der Waals surface area (Å²) in [5.74, 6) is 0.326. The Bertz CT molecular complexity index is 935. The fraction of sp³-hybridized carbons (Fsp3) is 0.316. The first-order valence-corrected chi connectivity index (χ1v) is 9.19. The SMILES string of the molecule is Cn1cc(CN2CCN(c3nccnc3-c3ccc(Cl)c(F)c3)CC2)cn1. The van der Waals surface area contributed by atoms with Gasteiger partial charge in [0.2, 0.25) is 0 Å². The van der Waals surface area contributed by atoms with Gasteiger partial charge in [-0.15, -0.1) is 0 Å². The Kier molecular flexibility index (Phi) is 5.05. The highest BCUT2D eigenvalue weighted by molar-refractivity contribution is 6.30. The Morgan fingerprint density at radius 2 is 1.89 bits per heavy atom. The van der Waals surface area contributed by atoms with Crippen LogP contribution in [-0.4, -0.2) is 50.8 Å². The minimum Gasteiger partial charge on any atom is -0.352 e. The quantitative estimate of drug-likeness (QED) is 0.690. The van der Waals surface area contributed by atoms with E-state index in [1.807, 2.05) is 24.1 Å². The van der Waals surface area contributed by atoms with Crippen molar-refractivity contribution in [1.29, 1.82) is 0 Å². The fourth-order valence-electron chi connectivity index (χ4n) is 3.34. The molecule has 1 saturated heterocycles. The van der Waals surface area contributed by atoms with Crippen LogP contribution in [0.15, 0.2) is 43.0 Å². The van der Waals surface area contributed by atoms with E-state index < -0.39 is 5.82 Å². The van der Waals surface area contributed by atoms with Gasteiger partial charge in [-0.25, -0.2) is 9.37 Å². The Morgan fingerprint density at radius 3 is 2.59 bits per heavy atom. The second-order valence-electron chi connectivity index (χ2n) is 6.64. The van der Waals surface area contributed by atoms with E-state index in [0.29, 0.717) is 11.3 Å². The second-order valence-corrected chi connectivity index (χ2v) is 7.05. The summed E-state index contributed by atoms with van der Waals surface area (Å²) in [7, 11) is 1.93. The predicted molar refractivity (Wildman–Crippen MR) is 103 cm³/mol. The van der Waals surface area contributed by atoms with Crippen LogP contribution < -0.4 is 4.90 Å². The van der Waals surface area contributed by atoms with Gasteiger partial charge in [-0.1, -0.05) is 17.7 Å². The third kappa shape index (κ3) is 3.94.